The van der Waals surface area contributed by atoms with Crippen molar-refractivity contribution < 1.29 is 19.4 Å². The van der Waals surface area contributed by atoms with Gasteiger partial charge in [0.2, 0.25) is 5.91 Å². The fourth-order valence-corrected chi connectivity index (χ4v) is 4.50. The van der Waals surface area contributed by atoms with Crippen LogP contribution in [0.4, 0.5) is 5.69 Å². The van der Waals surface area contributed by atoms with Crippen molar-refractivity contribution in [1.82, 2.24) is 5.32 Å². The zero-order valence-corrected chi connectivity index (χ0v) is 20.0. The number of nitrogens with zero attached hydrogens (tertiary/aromatic N) is 1. The van der Waals surface area contributed by atoms with Crippen LogP contribution in [-0.2, 0) is 11.2 Å². The SMILES string of the molecule is CCOc1cc(CC(=O)NC(CC(C)C)c2ccccc2N2CCCCC2)ccc1C(=O)O.[NaH]. The Labute approximate surface area is 225 Å². The Morgan fingerprint density at radius 3 is 2.44 bits per heavy atom. The zero-order chi connectivity index (χ0) is 23.8. The standard InChI is InChI=1S/C27H36N2O4.Na.H/c1-4-33-25-17-20(12-13-22(25)27(31)32)18-26(30)28-23(16-19(2)3)21-10-6-7-11-24(21)29-14-8-5-9-15-29;;/h6-7,10-13,17,19,23H,4-5,8-9,14-16,18H2,1-3H3,(H,28,30)(H,31,32);;. The zero-order valence-electron chi connectivity index (χ0n) is 20.0. The predicted molar refractivity (Wildman–Crippen MR) is 138 cm³/mol. The molecule has 1 fully saturated rings. The Balaban J connectivity index is 0.00000408. The molecule has 1 heterocycles. The molecule has 34 heavy (non-hydrogen) atoms. The Bertz CT molecular complexity index is 957. The molecule has 0 saturated carbocycles. The molecule has 1 saturated heterocycles. The van der Waals surface area contributed by atoms with Crippen LogP contribution in [0.3, 0.4) is 0 Å². The number of rotatable bonds is 10. The van der Waals surface area contributed by atoms with E-state index in [1.54, 1.807) is 19.1 Å². The Hall–Kier alpha value is -2.02. The van der Waals surface area contributed by atoms with Gasteiger partial charge in [-0.15, -0.1) is 0 Å². The molecule has 180 valence electrons. The van der Waals surface area contributed by atoms with E-state index in [1.165, 1.54) is 31.0 Å². The minimum atomic E-state index is -1.04. The van der Waals surface area contributed by atoms with E-state index in [4.69, 9.17) is 4.74 Å². The molecule has 6 nitrogen and oxygen atoms in total. The third-order valence-electron chi connectivity index (χ3n) is 5.99. The third-order valence-corrected chi connectivity index (χ3v) is 5.99. The van der Waals surface area contributed by atoms with Crippen molar-refractivity contribution in [2.45, 2.75) is 58.9 Å². The van der Waals surface area contributed by atoms with Gasteiger partial charge in [0.25, 0.3) is 0 Å². The van der Waals surface area contributed by atoms with Crippen LogP contribution in [0.1, 0.15) is 74.0 Å². The summed E-state index contributed by atoms with van der Waals surface area (Å²) in [6.45, 7) is 8.61. The molecule has 2 aromatic rings. The fraction of sp³-hybridized carbons (Fsp3) is 0.481. The maximum atomic E-state index is 13.1. The minimum absolute atomic E-state index is 0. The Morgan fingerprint density at radius 2 is 1.79 bits per heavy atom. The van der Waals surface area contributed by atoms with Gasteiger partial charge in [-0.25, -0.2) is 4.79 Å². The molecule has 0 bridgehead atoms. The molecule has 1 unspecified atom stereocenters. The maximum absolute atomic E-state index is 13.1. The number of nitrogens with one attached hydrogen (secondary N) is 1. The van der Waals surface area contributed by atoms with Gasteiger partial charge in [0.1, 0.15) is 11.3 Å². The number of para-hydroxylation sites is 1. The molecule has 1 aliphatic heterocycles. The first-order valence-corrected chi connectivity index (χ1v) is 12.0. The van der Waals surface area contributed by atoms with Crippen LogP contribution in [-0.4, -0.2) is 66.2 Å². The van der Waals surface area contributed by atoms with Gasteiger partial charge in [0.05, 0.1) is 19.1 Å². The first kappa shape index (κ1) is 28.2. The van der Waals surface area contributed by atoms with Gasteiger partial charge < -0.3 is 20.1 Å². The summed E-state index contributed by atoms with van der Waals surface area (Å²) in [6, 6.07) is 13.2. The van der Waals surface area contributed by atoms with Crippen molar-refractivity contribution >= 4 is 47.1 Å². The van der Waals surface area contributed by atoms with E-state index < -0.39 is 5.97 Å². The topological polar surface area (TPSA) is 78.9 Å². The summed E-state index contributed by atoms with van der Waals surface area (Å²) in [5, 5.41) is 12.6. The predicted octanol–water partition coefficient (Wildman–Crippen LogP) is 4.57. The van der Waals surface area contributed by atoms with Crippen molar-refractivity contribution in [3.05, 3.63) is 59.2 Å². The van der Waals surface area contributed by atoms with E-state index in [9.17, 15) is 14.7 Å². The summed E-state index contributed by atoms with van der Waals surface area (Å²) in [7, 11) is 0. The van der Waals surface area contributed by atoms with E-state index in [0.717, 1.165) is 30.6 Å². The number of piperidine rings is 1. The fourth-order valence-electron chi connectivity index (χ4n) is 4.50. The molecule has 2 N–H and O–H groups in total. The first-order valence-electron chi connectivity index (χ1n) is 12.0. The van der Waals surface area contributed by atoms with Crippen LogP contribution in [0.15, 0.2) is 42.5 Å². The number of carbonyl (C=O) groups excluding carboxylic acids is 1. The quantitative estimate of drug-likeness (QED) is 0.491. The number of ether oxygens (including phenoxy) is 1. The summed E-state index contributed by atoms with van der Waals surface area (Å²) in [6.07, 6.45) is 4.68. The summed E-state index contributed by atoms with van der Waals surface area (Å²) < 4.78 is 5.49. The number of aromatic carboxylic acids is 1. The van der Waals surface area contributed by atoms with E-state index >= 15 is 0 Å². The van der Waals surface area contributed by atoms with Gasteiger partial charge in [0, 0.05) is 18.8 Å². The van der Waals surface area contributed by atoms with Crippen LogP contribution in [0, 0.1) is 5.92 Å². The van der Waals surface area contributed by atoms with E-state index in [1.807, 2.05) is 6.07 Å². The van der Waals surface area contributed by atoms with Gasteiger partial charge in [-0.3, -0.25) is 4.79 Å². The second-order valence-corrected chi connectivity index (χ2v) is 9.10. The van der Waals surface area contributed by atoms with Crippen molar-refractivity contribution in [3.8, 4) is 5.75 Å². The monoisotopic (exact) mass is 476 g/mol. The Kier molecular flexibility index (Phi) is 11.4. The molecular weight excluding hydrogens is 439 g/mol. The van der Waals surface area contributed by atoms with Crippen molar-refractivity contribution in [3.63, 3.8) is 0 Å². The third kappa shape index (κ3) is 7.76. The van der Waals surface area contributed by atoms with Crippen LogP contribution >= 0.6 is 0 Å². The average molecular weight is 477 g/mol. The van der Waals surface area contributed by atoms with Gasteiger partial charge in [-0.2, -0.15) is 0 Å². The van der Waals surface area contributed by atoms with Crippen molar-refractivity contribution in [2.75, 3.05) is 24.6 Å². The number of hydrogen-bond donors (Lipinski definition) is 2. The van der Waals surface area contributed by atoms with E-state index in [-0.39, 0.29) is 53.5 Å². The van der Waals surface area contributed by atoms with Crippen molar-refractivity contribution in [1.29, 1.82) is 0 Å². The summed E-state index contributed by atoms with van der Waals surface area (Å²) in [5.74, 6) is -0.408. The van der Waals surface area contributed by atoms with Crippen molar-refractivity contribution in [2.24, 2.45) is 5.92 Å². The van der Waals surface area contributed by atoms with Crippen LogP contribution in [0.2, 0.25) is 0 Å². The number of hydrogen-bond acceptors (Lipinski definition) is 4. The second kappa shape index (κ2) is 13.8. The number of carboxylic acids is 1. The molecule has 2 aromatic carbocycles. The van der Waals surface area contributed by atoms with Crippen LogP contribution in [0.5, 0.6) is 5.75 Å². The summed E-state index contributed by atoms with van der Waals surface area (Å²) in [5.41, 5.74) is 3.22. The molecule has 0 aliphatic carbocycles. The van der Waals surface area contributed by atoms with E-state index in [0.29, 0.717) is 18.3 Å². The van der Waals surface area contributed by atoms with Gasteiger partial charge in [-0.05, 0) is 67.9 Å². The molecule has 0 radical (unpaired) electrons. The first-order chi connectivity index (χ1) is 15.9. The van der Waals surface area contributed by atoms with Crippen LogP contribution < -0.4 is 15.0 Å². The van der Waals surface area contributed by atoms with Crippen LogP contribution in [0.25, 0.3) is 0 Å². The number of amides is 1. The number of carboxylic acid groups (broad SMARTS) is 1. The second-order valence-electron chi connectivity index (χ2n) is 9.10. The molecule has 0 spiro atoms. The molecular formula is C27H37N2NaO4. The number of anilines is 1. The normalized spacial score (nSPS) is 14.3. The molecule has 1 atom stereocenters. The molecule has 1 aliphatic rings. The molecule has 1 amide bonds. The average Bonchev–Trinajstić information content (AvgIpc) is 2.79. The molecule has 7 heteroatoms. The van der Waals surface area contributed by atoms with E-state index in [2.05, 4.69) is 42.3 Å². The van der Waals surface area contributed by atoms with Gasteiger partial charge >= 0.3 is 35.5 Å². The number of carbonyl (C=O) groups is 2. The molecule has 0 aromatic heterocycles. The summed E-state index contributed by atoms with van der Waals surface area (Å²) in [4.78, 5) is 26.9. The molecule has 3 rings (SSSR count). The Morgan fingerprint density at radius 1 is 1.09 bits per heavy atom. The number of benzene rings is 2. The summed E-state index contributed by atoms with van der Waals surface area (Å²) >= 11 is 0. The van der Waals surface area contributed by atoms with Gasteiger partial charge in [0.15, 0.2) is 0 Å². The van der Waals surface area contributed by atoms with Gasteiger partial charge in [-0.1, -0.05) is 38.1 Å².